The van der Waals surface area contributed by atoms with E-state index >= 15 is 0 Å². The number of carbonyl (C=O) groups is 2. The van der Waals surface area contributed by atoms with Gasteiger partial charge in [-0.25, -0.2) is 0 Å². The summed E-state index contributed by atoms with van der Waals surface area (Å²) in [4.78, 5) is 22.4. The van der Waals surface area contributed by atoms with Gasteiger partial charge in [-0.05, 0) is 25.0 Å². The van der Waals surface area contributed by atoms with Crippen LogP contribution in [0.5, 0.6) is 0 Å². The Morgan fingerprint density at radius 2 is 2.00 bits per heavy atom. The number of nitrogens with one attached hydrogen (secondary N) is 1. The van der Waals surface area contributed by atoms with Gasteiger partial charge in [-0.3, -0.25) is 13.8 Å². The molecule has 0 heterocycles. The van der Waals surface area contributed by atoms with Gasteiger partial charge in [-0.15, -0.1) is 0 Å². The molecule has 2 N–H and O–H groups in total. The van der Waals surface area contributed by atoms with Crippen molar-refractivity contribution in [3.05, 3.63) is 29.8 Å². The molecule has 0 saturated carbocycles. The molecule has 104 valence electrons. The first-order chi connectivity index (χ1) is 8.95. The standard InChI is InChI=1S/C13H17NO4S/c1-3-10-6-4-5-7-11(10)14-12(15)8-19(18)9(2)13(16)17/h4-7,9H,3,8H2,1-2H3,(H,14,15)(H,16,17). The maximum atomic E-state index is 11.7. The molecule has 0 radical (unpaired) electrons. The van der Waals surface area contributed by atoms with Gasteiger partial charge in [-0.1, -0.05) is 25.1 Å². The number of amides is 1. The molecule has 2 atom stereocenters. The van der Waals surface area contributed by atoms with Crippen LogP contribution in [0.3, 0.4) is 0 Å². The average Bonchev–Trinajstić information content (AvgIpc) is 2.38. The fourth-order valence-electron chi connectivity index (χ4n) is 1.50. The maximum Gasteiger partial charge on any atom is 0.318 e. The third-order valence-electron chi connectivity index (χ3n) is 2.69. The van der Waals surface area contributed by atoms with Crippen LogP contribution in [0.2, 0.25) is 0 Å². The van der Waals surface area contributed by atoms with E-state index in [1.54, 1.807) is 12.1 Å². The molecule has 0 aliphatic rings. The Morgan fingerprint density at radius 1 is 1.37 bits per heavy atom. The predicted octanol–water partition coefficient (Wildman–Crippen LogP) is 1.41. The predicted molar refractivity (Wildman–Crippen MR) is 74.6 cm³/mol. The normalized spacial score (nSPS) is 13.6. The van der Waals surface area contributed by atoms with Crippen molar-refractivity contribution in [1.82, 2.24) is 0 Å². The Balaban J connectivity index is 2.65. The molecule has 5 nitrogen and oxygen atoms in total. The first-order valence-electron chi connectivity index (χ1n) is 5.93. The number of carboxylic acids is 1. The van der Waals surface area contributed by atoms with Gasteiger partial charge in [0, 0.05) is 16.5 Å². The van der Waals surface area contributed by atoms with E-state index in [-0.39, 0.29) is 5.75 Å². The molecule has 0 fully saturated rings. The highest BCUT2D eigenvalue weighted by Crippen LogP contribution is 2.15. The van der Waals surface area contributed by atoms with Crippen molar-refractivity contribution >= 4 is 28.4 Å². The second-order valence-electron chi connectivity index (χ2n) is 4.06. The minimum atomic E-state index is -1.72. The molecular weight excluding hydrogens is 266 g/mol. The van der Waals surface area contributed by atoms with Crippen molar-refractivity contribution < 1.29 is 18.9 Å². The van der Waals surface area contributed by atoms with Gasteiger partial charge in [0.15, 0.2) is 0 Å². The fraction of sp³-hybridized carbons (Fsp3) is 0.385. The van der Waals surface area contributed by atoms with Crippen molar-refractivity contribution in [3.63, 3.8) is 0 Å². The zero-order chi connectivity index (χ0) is 14.4. The molecule has 1 aromatic carbocycles. The van der Waals surface area contributed by atoms with Crippen LogP contribution in [0.1, 0.15) is 19.4 Å². The first-order valence-corrected chi connectivity index (χ1v) is 7.31. The van der Waals surface area contributed by atoms with E-state index in [9.17, 15) is 13.8 Å². The minimum absolute atomic E-state index is 0.314. The highest BCUT2D eigenvalue weighted by Gasteiger charge is 2.21. The van der Waals surface area contributed by atoms with Crippen molar-refractivity contribution in [1.29, 1.82) is 0 Å². The van der Waals surface area contributed by atoms with Gasteiger partial charge >= 0.3 is 5.97 Å². The molecule has 1 amide bonds. The maximum absolute atomic E-state index is 11.7. The Bertz CT molecular complexity index is 501. The second-order valence-corrected chi connectivity index (χ2v) is 5.82. The lowest BCUT2D eigenvalue weighted by atomic mass is 10.1. The monoisotopic (exact) mass is 283 g/mol. The molecule has 1 rings (SSSR count). The number of rotatable bonds is 6. The Hall–Kier alpha value is -1.69. The van der Waals surface area contributed by atoms with E-state index < -0.39 is 27.9 Å². The lowest BCUT2D eigenvalue weighted by Gasteiger charge is -2.10. The zero-order valence-corrected chi connectivity index (χ0v) is 11.7. The summed E-state index contributed by atoms with van der Waals surface area (Å²) < 4.78 is 11.6. The molecule has 0 aromatic heterocycles. The zero-order valence-electron chi connectivity index (χ0n) is 10.9. The summed E-state index contributed by atoms with van der Waals surface area (Å²) >= 11 is 0. The van der Waals surface area contributed by atoms with Crippen LogP contribution in [0, 0.1) is 0 Å². The van der Waals surface area contributed by atoms with Crippen LogP contribution < -0.4 is 5.32 Å². The molecule has 2 unspecified atom stereocenters. The van der Waals surface area contributed by atoms with Gasteiger partial charge < -0.3 is 10.4 Å². The van der Waals surface area contributed by atoms with Gasteiger partial charge in [0.2, 0.25) is 5.91 Å². The highest BCUT2D eigenvalue weighted by molar-refractivity contribution is 7.87. The van der Waals surface area contributed by atoms with Crippen molar-refractivity contribution in [3.8, 4) is 0 Å². The number of carboxylic acid groups (broad SMARTS) is 1. The summed E-state index contributed by atoms with van der Waals surface area (Å²) in [5, 5.41) is 10.3. The molecule has 19 heavy (non-hydrogen) atoms. The topological polar surface area (TPSA) is 83.5 Å². The van der Waals surface area contributed by atoms with Gasteiger partial charge in [0.1, 0.15) is 11.0 Å². The molecule has 0 bridgehead atoms. The number of hydrogen-bond donors (Lipinski definition) is 2. The van der Waals surface area contributed by atoms with Crippen molar-refractivity contribution in [2.45, 2.75) is 25.5 Å². The summed E-state index contributed by atoms with van der Waals surface area (Å²) in [6.07, 6.45) is 0.769. The average molecular weight is 283 g/mol. The minimum Gasteiger partial charge on any atom is -0.480 e. The lowest BCUT2D eigenvalue weighted by Crippen LogP contribution is -2.29. The third kappa shape index (κ3) is 4.48. The van der Waals surface area contributed by atoms with E-state index in [1.165, 1.54) is 6.92 Å². The van der Waals surface area contributed by atoms with Crippen LogP contribution in [0.25, 0.3) is 0 Å². The van der Waals surface area contributed by atoms with Crippen molar-refractivity contribution in [2.75, 3.05) is 11.1 Å². The van der Waals surface area contributed by atoms with E-state index in [1.807, 2.05) is 19.1 Å². The Morgan fingerprint density at radius 3 is 2.58 bits per heavy atom. The van der Waals surface area contributed by atoms with Crippen LogP contribution in [-0.2, 0) is 26.8 Å². The number of hydrogen-bond acceptors (Lipinski definition) is 3. The van der Waals surface area contributed by atoms with Crippen LogP contribution in [-0.4, -0.2) is 32.2 Å². The molecular formula is C13H17NO4S. The van der Waals surface area contributed by atoms with Gasteiger partial charge in [0.25, 0.3) is 0 Å². The summed E-state index contributed by atoms with van der Waals surface area (Å²) in [5.41, 5.74) is 1.66. The summed E-state index contributed by atoms with van der Waals surface area (Å²) in [5.74, 6) is -1.92. The third-order valence-corrected chi connectivity index (χ3v) is 4.22. The molecule has 1 aromatic rings. The summed E-state index contributed by atoms with van der Waals surface area (Å²) in [7, 11) is -1.72. The van der Waals surface area contributed by atoms with Crippen molar-refractivity contribution in [2.24, 2.45) is 0 Å². The molecule has 0 spiro atoms. The number of benzene rings is 1. The van der Waals surface area contributed by atoms with E-state index in [0.29, 0.717) is 5.69 Å². The Labute approximate surface area is 114 Å². The molecule has 0 saturated heterocycles. The van der Waals surface area contributed by atoms with E-state index in [2.05, 4.69) is 5.32 Å². The smallest absolute Gasteiger partial charge is 0.318 e. The molecule has 0 aliphatic carbocycles. The molecule has 6 heteroatoms. The molecule has 0 aliphatic heterocycles. The van der Waals surface area contributed by atoms with Crippen LogP contribution >= 0.6 is 0 Å². The highest BCUT2D eigenvalue weighted by atomic mass is 32.2. The van der Waals surface area contributed by atoms with Gasteiger partial charge in [0.05, 0.1) is 0 Å². The SMILES string of the molecule is CCc1ccccc1NC(=O)CS(=O)C(C)C(=O)O. The largest absolute Gasteiger partial charge is 0.480 e. The quantitative estimate of drug-likeness (QED) is 0.827. The summed E-state index contributed by atoms with van der Waals surface area (Å²) in [6, 6.07) is 7.33. The van der Waals surface area contributed by atoms with E-state index in [4.69, 9.17) is 5.11 Å². The Kier molecular flexibility index (Phi) is 5.69. The number of aryl methyl sites for hydroxylation is 1. The van der Waals surface area contributed by atoms with E-state index in [0.717, 1.165) is 12.0 Å². The first kappa shape index (κ1) is 15.4. The number of para-hydroxylation sites is 1. The van der Waals surface area contributed by atoms with Crippen LogP contribution in [0.4, 0.5) is 5.69 Å². The van der Waals surface area contributed by atoms with Crippen LogP contribution in [0.15, 0.2) is 24.3 Å². The van der Waals surface area contributed by atoms with Gasteiger partial charge in [-0.2, -0.15) is 0 Å². The lowest BCUT2D eigenvalue weighted by molar-refractivity contribution is -0.136. The number of carbonyl (C=O) groups excluding carboxylic acids is 1. The second kappa shape index (κ2) is 7.04. The fourth-order valence-corrected chi connectivity index (χ4v) is 2.31. The summed E-state index contributed by atoms with van der Waals surface area (Å²) in [6.45, 7) is 3.29. The number of aliphatic carboxylic acids is 1. The number of anilines is 1.